The van der Waals surface area contributed by atoms with E-state index in [0.29, 0.717) is 17.9 Å². The number of thioether (sulfide) groups is 1. The maximum atomic E-state index is 12.6. The van der Waals surface area contributed by atoms with Crippen LogP contribution in [0.25, 0.3) is 0 Å². The van der Waals surface area contributed by atoms with E-state index in [4.69, 9.17) is 5.73 Å². The fourth-order valence-corrected chi connectivity index (χ4v) is 5.14. The van der Waals surface area contributed by atoms with Crippen molar-refractivity contribution >= 4 is 21.8 Å². The first-order chi connectivity index (χ1) is 9.56. The summed E-state index contributed by atoms with van der Waals surface area (Å²) in [6.07, 6.45) is 2.51. The van der Waals surface area contributed by atoms with E-state index in [1.807, 2.05) is 30.8 Å². The van der Waals surface area contributed by atoms with Crippen LogP contribution in [0.1, 0.15) is 30.9 Å². The second-order valence-corrected chi connectivity index (χ2v) is 7.91. The Bertz CT molecular complexity index is 552. The van der Waals surface area contributed by atoms with Gasteiger partial charge >= 0.3 is 0 Å². The van der Waals surface area contributed by atoms with Gasteiger partial charge in [0.1, 0.15) is 0 Å². The van der Waals surface area contributed by atoms with Crippen LogP contribution in [0.4, 0.5) is 0 Å². The highest BCUT2D eigenvalue weighted by molar-refractivity contribution is 7.99. The van der Waals surface area contributed by atoms with Gasteiger partial charge in [-0.3, -0.25) is 0 Å². The zero-order chi connectivity index (χ0) is 14.6. The highest BCUT2D eigenvalue weighted by atomic mass is 32.2. The van der Waals surface area contributed by atoms with Crippen molar-refractivity contribution in [2.45, 2.75) is 43.7 Å². The average Bonchev–Trinajstić information content (AvgIpc) is 2.47. The predicted octanol–water partition coefficient (Wildman–Crippen LogP) is 1.88. The second-order valence-electron chi connectivity index (χ2n) is 5.01. The number of nitrogens with two attached hydrogens (primary N) is 1. The normalized spacial score (nSPS) is 17.3. The van der Waals surface area contributed by atoms with E-state index in [9.17, 15) is 8.42 Å². The van der Waals surface area contributed by atoms with Gasteiger partial charge in [0.25, 0.3) is 0 Å². The van der Waals surface area contributed by atoms with Gasteiger partial charge in [-0.15, -0.1) is 0 Å². The van der Waals surface area contributed by atoms with Crippen LogP contribution < -0.4 is 10.5 Å². The molecule has 0 amide bonds. The lowest BCUT2D eigenvalue weighted by atomic mass is 10.1. The quantitative estimate of drug-likeness (QED) is 0.870. The SMILES string of the molecule is CCc1ccc(CN)cc1S(=O)(=O)NC1CCSCC1. The highest BCUT2D eigenvalue weighted by Crippen LogP contribution is 2.22. The molecule has 1 aromatic rings. The van der Waals surface area contributed by atoms with E-state index in [0.717, 1.165) is 35.5 Å². The van der Waals surface area contributed by atoms with Crippen LogP contribution in [0.2, 0.25) is 0 Å². The summed E-state index contributed by atoms with van der Waals surface area (Å²) in [6, 6.07) is 5.54. The van der Waals surface area contributed by atoms with Crippen LogP contribution in [-0.2, 0) is 23.0 Å². The molecule has 1 aromatic carbocycles. The summed E-state index contributed by atoms with van der Waals surface area (Å²) in [5.74, 6) is 2.05. The Hall–Kier alpha value is -0.560. The molecular formula is C14H22N2O2S2. The lowest BCUT2D eigenvalue weighted by Gasteiger charge is -2.23. The molecular weight excluding hydrogens is 292 g/mol. The summed E-state index contributed by atoms with van der Waals surface area (Å²) in [7, 11) is -3.45. The summed E-state index contributed by atoms with van der Waals surface area (Å²) in [6.45, 7) is 2.32. The van der Waals surface area contributed by atoms with Crippen molar-refractivity contribution in [1.82, 2.24) is 4.72 Å². The maximum absolute atomic E-state index is 12.6. The van der Waals surface area contributed by atoms with Gasteiger partial charge in [0.15, 0.2) is 0 Å². The van der Waals surface area contributed by atoms with Crippen LogP contribution in [0.15, 0.2) is 23.1 Å². The first-order valence-electron chi connectivity index (χ1n) is 6.98. The average molecular weight is 314 g/mol. The number of benzene rings is 1. The van der Waals surface area contributed by atoms with Gasteiger partial charge in [-0.25, -0.2) is 13.1 Å². The Morgan fingerprint density at radius 1 is 1.35 bits per heavy atom. The number of hydrogen-bond acceptors (Lipinski definition) is 4. The molecule has 0 aromatic heterocycles. The van der Waals surface area contributed by atoms with Crippen LogP contribution in [0.3, 0.4) is 0 Å². The van der Waals surface area contributed by atoms with Gasteiger partial charge in [-0.05, 0) is 48.0 Å². The fraction of sp³-hybridized carbons (Fsp3) is 0.571. The predicted molar refractivity (Wildman–Crippen MR) is 84.4 cm³/mol. The Morgan fingerprint density at radius 2 is 2.05 bits per heavy atom. The smallest absolute Gasteiger partial charge is 0.241 e. The van der Waals surface area contributed by atoms with Gasteiger partial charge in [-0.1, -0.05) is 19.1 Å². The van der Waals surface area contributed by atoms with Crippen LogP contribution in [0.5, 0.6) is 0 Å². The standard InChI is InChI=1S/C14H22N2O2S2/c1-2-12-4-3-11(10-15)9-14(12)20(17,18)16-13-5-7-19-8-6-13/h3-4,9,13,16H,2,5-8,10,15H2,1H3. The summed E-state index contributed by atoms with van der Waals surface area (Å²) in [5, 5.41) is 0. The zero-order valence-corrected chi connectivity index (χ0v) is 13.4. The molecule has 0 saturated carbocycles. The molecule has 1 aliphatic heterocycles. The monoisotopic (exact) mass is 314 g/mol. The third kappa shape index (κ3) is 3.75. The number of aryl methyl sites for hydroxylation is 1. The molecule has 1 saturated heterocycles. The lowest BCUT2D eigenvalue weighted by molar-refractivity contribution is 0.528. The minimum atomic E-state index is -3.45. The molecule has 0 bridgehead atoms. The Morgan fingerprint density at radius 3 is 2.65 bits per heavy atom. The highest BCUT2D eigenvalue weighted by Gasteiger charge is 2.24. The van der Waals surface area contributed by atoms with Crippen molar-refractivity contribution < 1.29 is 8.42 Å². The zero-order valence-electron chi connectivity index (χ0n) is 11.8. The van der Waals surface area contributed by atoms with E-state index >= 15 is 0 Å². The van der Waals surface area contributed by atoms with Gasteiger partial charge < -0.3 is 5.73 Å². The van der Waals surface area contributed by atoms with Crippen molar-refractivity contribution in [3.05, 3.63) is 29.3 Å². The van der Waals surface area contributed by atoms with Gasteiger partial charge in [-0.2, -0.15) is 11.8 Å². The Balaban J connectivity index is 2.27. The topological polar surface area (TPSA) is 72.2 Å². The summed E-state index contributed by atoms with van der Waals surface area (Å²) in [4.78, 5) is 0.390. The van der Waals surface area contributed by atoms with Gasteiger partial charge in [0.05, 0.1) is 4.90 Å². The van der Waals surface area contributed by atoms with E-state index in [1.54, 1.807) is 6.07 Å². The molecule has 20 heavy (non-hydrogen) atoms. The minimum Gasteiger partial charge on any atom is -0.326 e. The van der Waals surface area contributed by atoms with Gasteiger partial charge in [0, 0.05) is 12.6 Å². The number of nitrogens with one attached hydrogen (secondary N) is 1. The molecule has 0 aliphatic carbocycles. The van der Waals surface area contributed by atoms with E-state index in [2.05, 4.69) is 4.72 Å². The summed E-state index contributed by atoms with van der Waals surface area (Å²) < 4.78 is 28.0. The number of rotatable bonds is 5. The second kappa shape index (κ2) is 6.93. The van der Waals surface area contributed by atoms with Crippen LogP contribution in [-0.4, -0.2) is 26.0 Å². The van der Waals surface area contributed by atoms with Crippen molar-refractivity contribution in [2.24, 2.45) is 5.73 Å². The van der Waals surface area contributed by atoms with E-state index < -0.39 is 10.0 Å². The van der Waals surface area contributed by atoms with Crippen LogP contribution in [0, 0.1) is 0 Å². The molecule has 0 unspecified atom stereocenters. The van der Waals surface area contributed by atoms with E-state index in [1.165, 1.54) is 0 Å². The molecule has 112 valence electrons. The largest absolute Gasteiger partial charge is 0.326 e. The van der Waals surface area contributed by atoms with Crippen molar-refractivity contribution in [2.75, 3.05) is 11.5 Å². The fourth-order valence-electron chi connectivity index (χ4n) is 2.37. The maximum Gasteiger partial charge on any atom is 0.241 e. The molecule has 1 aliphatic rings. The van der Waals surface area contributed by atoms with Crippen molar-refractivity contribution in [1.29, 1.82) is 0 Å². The van der Waals surface area contributed by atoms with Gasteiger partial charge in [0.2, 0.25) is 10.0 Å². The first kappa shape index (κ1) is 15.8. The molecule has 0 radical (unpaired) electrons. The first-order valence-corrected chi connectivity index (χ1v) is 9.62. The molecule has 0 atom stereocenters. The lowest BCUT2D eigenvalue weighted by Crippen LogP contribution is -2.37. The molecule has 2 rings (SSSR count). The Kier molecular flexibility index (Phi) is 5.49. The van der Waals surface area contributed by atoms with Crippen molar-refractivity contribution in [3.8, 4) is 0 Å². The molecule has 3 N–H and O–H groups in total. The number of sulfonamides is 1. The number of hydrogen-bond donors (Lipinski definition) is 2. The Labute approximate surface area is 125 Å². The summed E-state index contributed by atoms with van der Waals surface area (Å²) in [5.41, 5.74) is 7.32. The molecule has 6 heteroatoms. The van der Waals surface area contributed by atoms with Crippen LogP contribution >= 0.6 is 11.8 Å². The third-order valence-corrected chi connectivity index (χ3v) is 6.23. The molecule has 1 fully saturated rings. The molecule has 0 spiro atoms. The minimum absolute atomic E-state index is 0.0625. The summed E-state index contributed by atoms with van der Waals surface area (Å²) >= 11 is 1.88. The van der Waals surface area contributed by atoms with Crippen molar-refractivity contribution in [3.63, 3.8) is 0 Å². The molecule has 1 heterocycles. The third-order valence-electron chi connectivity index (χ3n) is 3.58. The van der Waals surface area contributed by atoms with E-state index in [-0.39, 0.29) is 6.04 Å². The molecule has 4 nitrogen and oxygen atoms in total.